The lowest BCUT2D eigenvalue weighted by atomic mass is 9.94. The quantitative estimate of drug-likeness (QED) is 0.825. The first kappa shape index (κ1) is 13.6. The molecule has 1 saturated heterocycles. The van der Waals surface area contributed by atoms with Gasteiger partial charge in [0.25, 0.3) is 0 Å². The van der Waals surface area contributed by atoms with Gasteiger partial charge in [0.1, 0.15) is 12.4 Å². The molecule has 2 aromatic carbocycles. The minimum atomic E-state index is 0.647. The smallest absolute Gasteiger partial charge is 0.127 e. The van der Waals surface area contributed by atoms with Gasteiger partial charge in [0.2, 0.25) is 0 Å². The van der Waals surface area contributed by atoms with E-state index >= 15 is 0 Å². The number of ether oxygens (including phenoxy) is 1. The minimum absolute atomic E-state index is 0.647. The molecular formula is C20H21NO. The lowest BCUT2D eigenvalue weighted by Gasteiger charge is -2.15. The van der Waals surface area contributed by atoms with Gasteiger partial charge in [-0.1, -0.05) is 48.5 Å². The monoisotopic (exact) mass is 291 g/mol. The Morgan fingerprint density at radius 1 is 0.909 bits per heavy atom. The Kier molecular flexibility index (Phi) is 3.69. The second-order valence-electron chi connectivity index (χ2n) is 6.07. The molecule has 2 aliphatic heterocycles. The highest BCUT2D eigenvalue weighted by molar-refractivity contribution is 5.85. The Hall–Kier alpha value is -2.06. The summed E-state index contributed by atoms with van der Waals surface area (Å²) in [5.74, 6) is 0.992. The van der Waals surface area contributed by atoms with Crippen LogP contribution in [0.25, 0.3) is 5.57 Å². The van der Waals surface area contributed by atoms with Crippen LogP contribution in [0.4, 0.5) is 0 Å². The van der Waals surface area contributed by atoms with Crippen molar-refractivity contribution in [1.82, 2.24) is 4.90 Å². The molecule has 2 heteroatoms. The number of nitrogens with zero attached hydrogens (tertiary/aromatic N) is 1. The van der Waals surface area contributed by atoms with Gasteiger partial charge in [-0.2, -0.15) is 0 Å². The van der Waals surface area contributed by atoms with E-state index in [-0.39, 0.29) is 0 Å². The summed E-state index contributed by atoms with van der Waals surface area (Å²) in [7, 11) is 0. The lowest BCUT2D eigenvalue weighted by Crippen LogP contribution is -2.19. The molecule has 2 aliphatic rings. The van der Waals surface area contributed by atoms with Gasteiger partial charge in [-0.3, -0.25) is 4.90 Å². The van der Waals surface area contributed by atoms with Gasteiger partial charge in [0, 0.05) is 12.1 Å². The molecular weight excluding hydrogens is 270 g/mol. The van der Waals surface area contributed by atoms with Gasteiger partial charge in [-0.25, -0.2) is 0 Å². The molecule has 0 unspecified atom stereocenters. The Balaban J connectivity index is 1.78. The fourth-order valence-electron chi connectivity index (χ4n) is 3.43. The molecule has 0 spiro atoms. The van der Waals surface area contributed by atoms with Crippen LogP contribution in [0.15, 0.2) is 54.6 Å². The van der Waals surface area contributed by atoms with Gasteiger partial charge in [-0.15, -0.1) is 0 Å². The van der Waals surface area contributed by atoms with Crippen LogP contribution in [0, 0.1) is 0 Å². The van der Waals surface area contributed by atoms with E-state index in [2.05, 4.69) is 53.4 Å². The zero-order valence-electron chi connectivity index (χ0n) is 12.8. The summed E-state index contributed by atoms with van der Waals surface area (Å²) in [5, 5.41) is 0. The molecule has 4 rings (SSSR count). The number of benzene rings is 2. The van der Waals surface area contributed by atoms with Gasteiger partial charge in [0.05, 0.1) is 0 Å². The topological polar surface area (TPSA) is 12.5 Å². The molecule has 2 heterocycles. The summed E-state index contributed by atoms with van der Waals surface area (Å²) in [6.45, 7) is 4.12. The standard InChI is InChI=1S/C20H21NO/c1-2-8-17-16(7-1)15-22-20-10-4-3-9-19(20)18(17)11-14-21-12-5-6-13-21/h1-4,7-11H,5-6,12-15H2/b18-11-. The molecule has 112 valence electrons. The van der Waals surface area contributed by atoms with Gasteiger partial charge in [0.15, 0.2) is 0 Å². The van der Waals surface area contributed by atoms with Gasteiger partial charge < -0.3 is 4.74 Å². The molecule has 0 aromatic heterocycles. The number of hydrogen-bond acceptors (Lipinski definition) is 2. The Labute approximate surface area is 132 Å². The predicted octanol–water partition coefficient (Wildman–Crippen LogP) is 4.11. The lowest BCUT2D eigenvalue weighted by molar-refractivity contribution is 0.307. The van der Waals surface area contributed by atoms with Crippen LogP contribution in [-0.4, -0.2) is 24.5 Å². The van der Waals surface area contributed by atoms with E-state index in [1.165, 1.54) is 48.2 Å². The van der Waals surface area contributed by atoms with Crippen LogP contribution >= 0.6 is 0 Å². The van der Waals surface area contributed by atoms with Crippen molar-refractivity contribution in [3.05, 3.63) is 71.3 Å². The SMILES string of the molecule is C(/CN1CCCC1)=C1\c2ccccc2COc2ccccc21. The summed E-state index contributed by atoms with van der Waals surface area (Å²) in [6.07, 6.45) is 5.05. The fraction of sp³-hybridized carbons (Fsp3) is 0.300. The van der Waals surface area contributed by atoms with E-state index in [0.717, 1.165) is 12.3 Å². The maximum atomic E-state index is 6.02. The fourth-order valence-corrected chi connectivity index (χ4v) is 3.43. The van der Waals surface area contributed by atoms with Crippen LogP contribution in [0.5, 0.6) is 5.75 Å². The van der Waals surface area contributed by atoms with E-state index in [0.29, 0.717) is 6.61 Å². The Morgan fingerprint density at radius 3 is 2.50 bits per heavy atom. The van der Waals surface area contributed by atoms with Crippen LogP contribution < -0.4 is 4.74 Å². The summed E-state index contributed by atoms with van der Waals surface area (Å²) < 4.78 is 6.02. The highest BCUT2D eigenvalue weighted by Crippen LogP contribution is 2.36. The van der Waals surface area contributed by atoms with Crippen molar-refractivity contribution in [1.29, 1.82) is 0 Å². The van der Waals surface area contributed by atoms with E-state index in [1.807, 2.05) is 6.07 Å². The average Bonchev–Trinajstić information content (AvgIpc) is 3.03. The van der Waals surface area contributed by atoms with Crippen molar-refractivity contribution in [2.24, 2.45) is 0 Å². The van der Waals surface area contributed by atoms with Crippen LogP contribution in [0.2, 0.25) is 0 Å². The first-order valence-corrected chi connectivity index (χ1v) is 8.15. The third-order valence-electron chi connectivity index (χ3n) is 4.62. The highest BCUT2D eigenvalue weighted by atomic mass is 16.5. The summed E-state index contributed by atoms with van der Waals surface area (Å²) in [4.78, 5) is 2.53. The van der Waals surface area contributed by atoms with Crippen molar-refractivity contribution in [3.8, 4) is 5.75 Å². The van der Waals surface area contributed by atoms with Crippen molar-refractivity contribution < 1.29 is 4.74 Å². The number of rotatable bonds is 2. The second-order valence-corrected chi connectivity index (χ2v) is 6.07. The minimum Gasteiger partial charge on any atom is -0.488 e. The molecule has 2 nitrogen and oxygen atoms in total. The number of hydrogen-bond donors (Lipinski definition) is 0. The predicted molar refractivity (Wildman–Crippen MR) is 90.0 cm³/mol. The number of likely N-dealkylation sites (tertiary alicyclic amines) is 1. The van der Waals surface area contributed by atoms with E-state index in [9.17, 15) is 0 Å². The molecule has 2 aromatic rings. The molecule has 0 aliphatic carbocycles. The Bertz CT molecular complexity index is 649. The third kappa shape index (κ3) is 2.55. The molecule has 0 atom stereocenters. The summed E-state index contributed by atoms with van der Waals surface area (Å²) in [5.41, 5.74) is 5.11. The molecule has 0 radical (unpaired) electrons. The van der Waals surface area contributed by atoms with Gasteiger partial charge >= 0.3 is 0 Å². The third-order valence-corrected chi connectivity index (χ3v) is 4.62. The average molecular weight is 291 g/mol. The summed E-state index contributed by atoms with van der Waals surface area (Å²) >= 11 is 0. The second kappa shape index (κ2) is 5.98. The first-order valence-electron chi connectivity index (χ1n) is 8.15. The van der Waals surface area contributed by atoms with E-state index in [1.54, 1.807) is 0 Å². The van der Waals surface area contributed by atoms with Crippen molar-refractivity contribution in [2.45, 2.75) is 19.4 Å². The van der Waals surface area contributed by atoms with Crippen molar-refractivity contribution in [2.75, 3.05) is 19.6 Å². The largest absolute Gasteiger partial charge is 0.488 e. The molecule has 1 fully saturated rings. The molecule has 0 N–H and O–H groups in total. The van der Waals surface area contributed by atoms with E-state index in [4.69, 9.17) is 4.74 Å². The molecule has 0 saturated carbocycles. The summed E-state index contributed by atoms with van der Waals surface area (Å²) in [6, 6.07) is 17.0. The Morgan fingerprint density at radius 2 is 1.64 bits per heavy atom. The normalized spacial score (nSPS) is 19.4. The molecule has 0 bridgehead atoms. The number of fused-ring (bicyclic) bond motifs is 2. The van der Waals surface area contributed by atoms with Gasteiger partial charge in [-0.05, 0) is 48.7 Å². The highest BCUT2D eigenvalue weighted by Gasteiger charge is 2.19. The van der Waals surface area contributed by atoms with Crippen LogP contribution in [-0.2, 0) is 6.61 Å². The van der Waals surface area contributed by atoms with Crippen molar-refractivity contribution >= 4 is 5.57 Å². The van der Waals surface area contributed by atoms with Crippen molar-refractivity contribution in [3.63, 3.8) is 0 Å². The maximum Gasteiger partial charge on any atom is 0.127 e. The van der Waals surface area contributed by atoms with E-state index < -0.39 is 0 Å². The first-order chi connectivity index (χ1) is 10.9. The van der Waals surface area contributed by atoms with Crippen LogP contribution in [0.1, 0.15) is 29.5 Å². The molecule has 22 heavy (non-hydrogen) atoms. The maximum absolute atomic E-state index is 6.02. The van der Waals surface area contributed by atoms with Crippen LogP contribution in [0.3, 0.4) is 0 Å². The number of para-hydroxylation sites is 1. The zero-order chi connectivity index (χ0) is 14.8. The molecule has 0 amide bonds. The zero-order valence-corrected chi connectivity index (χ0v) is 12.8.